The zero-order valence-corrected chi connectivity index (χ0v) is 17.1. The molecule has 0 unspecified atom stereocenters. The van der Waals surface area contributed by atoms with Crippen molar-refractivity contribution in [2.75, 3.05) is 23.6 Å². The third-order valence-corrected chi connectivity index (χ3v) is 5.88. The number of rotatable bonds is 7. The highest BCUT2D eigenvalue weighted by atomic mass is 35.5. The van der Waals surface area contributed by atoms with Crippen LogP contribution >= 0.6 is 11.6 Å². The van der Waals surface area contributed by atoms with Crippen molar-refractivity contribution in [3.63, 3.8) is 0 Å². The second-order valence-electron chi connectivity index (χ2n) is 6.12. The van der Waals surface area contributed by atoms with Crippen LogP contribution in [0, 0.1) is 0 Å². The van der Waals surface area contributed by atoms with Gasteiger partial charge in [-0.05, 0) is 54.6 Å². The summed E-state index contributed by atoms with van der Waals surface area (Å²) in [6.45, 7) is 0. The van der Waals surface area contributed by atoms with Crippen molar-refractivity contribution >= 4 is 38.7 Å². The van der Waals surface area contributed by atoms with E-state index in [4.69, 9.17) is 16.3 Å². The molecule has 29 heavy (non-hydrogen) atoms. The largest absolute Gasteiger partial charge is 0.495 e. The normalized spacial score (nSPS) is 11.0. The Morgan fingerprint density at radius 1 is 1.00 bits per heavy atom. The fraction of sp³-hybridized carbons (Fsp3) is 0.0952. The maximum Gasteiger partial charge on any atom is 0.255 e. The van der Waals surface area contributed by atoms with Gasteiger partial charge in [0.15, 0.2) is 9.84 Å². The SMILES string of the molecule is COc1ccc(Cl)cc1NC(=O)c1ccc(NCS(=O)(=O)c2ccccc2)cc1. The van der Waals surface area contributed by atoms with Gasteiger partial charge in [0.25, 0.3) is 5.91 Å². The zero-order valence-electron chi connectivity index (χ0n) is 15.6. The number of methoxy groups -OCH3 is 1. The second-order valence-corrected chi connectivity index (χ2v) is 8.55. The number of hydrogen-bond donors (Lipinski definition) is 2. The van der Waals surface area contributed by atoms with Crippen molar-refractivity contribution in [2.24, 2.45) is 0 Å². The van der Waals surface area contributed by atoms with Crippen LogP contribution in [0.15, 0.2) is 77.7 Å². The van der Waals surface area contributed by atoms with Crippen LogP contribution in [0.1, 0.15) is 10.4 Å². The van der Waals surface area contributed by atoms with E-state index in [-0.39, 0.29) is 16.7 Å². The van der Waals surface area contributed by atoms with Gasteiger partial charge in [0.2, 0.25) is 0 Å². The Morgan fingerprint density at radius 3 is 2.34 bits per heavy atom. The molecule has 0 radical (unpaired) electrons. The van der Waals surface area contributed by atoms with E-state index in [1.807, 2.05) is 0 Å². The molecule has 150 valence electrons. The molecule has 0 fully saturated rings. The number of nitrogens with one attached hydrogen (secondary N) is 2. The molecule has 0 bridgehead atoms. The van der Waals surface area contributed by atoms with Crippen molar-refractivity contribution in [3.8, 4) is 5.75 Å². The van der Waals surface area contributed by atoms with E-state index in [0.29, 0.717) is 27.7 Å². The molecule has 3 aromatic rings. The van der Waals surface area contributed by atoms with E-state index >= 15 is 0 Å². The fourth-order valence-corrected chi connectivity index (χ4v) is 3.87. The number of benzene rings is 3. The predicted molar refractivity (Wildman–Crippen MR) is 115 cm³/mol. The zero-order chi connectivity index (χ0) is 20.9. The minimum atomic E-state index is -3.45. The molecule has 0 saturated heterocycles. The summed E-state index contributed by atoms with van der Waals surface area (Å²) in [5, 5.41) is 6.09. The molecule has 0 atom stereocenters. The third kappa shape index (κ3) is 5.28. The number of sulfone groups is 1. The summed E-state index contributed by atoms with van der Waals surface area (Å²) in [6, 6.07) is 19.6. The van der Waals surface area contributed by atoms with Gasteiger partial charge in [-0.3, -0.25) is 4.79 Å². The van der Waals surface area contributed by atoms with Crippen LogP contribution in [0.25, 0.3) is 0 Å². The Bertz CT molecular complexity index is 1100. The van der Waals surface area contributed by atoms with E-state index in [0.717, 1.165) is 0 Å². The number of hydrogen-bond acceptors (Lipinski definition) is 5. The average molecular weight is 431 g/mol. The molecule has 3 aromatic carbocycles. The maximum atomic E-state index is 12.5. The van der Waals surface area contributed by atoms with Crippen LogP contribution in [0.3, 0.4) is 0 Å². The summed E-state index contributed by atoms with van der Waals surface area (Å²) in [5.41, 5.74) is 1.45. The van der Waals surface area contributed by atoms with Gasteiger partial charge in [0.05, 0.1) is 17.7 Å². The summed E-state index contributed by atoms with van der Waals surface area (Å²) in [5.74, 6) is -0.0939. The predicted octanol–water partition coefficient (Wildman–Crippen LogP) is 4.44. The van der Waals surface area contributed by atoms with Gasteiger partial charge in [-0.25, -0.2) is 8.42 Å². The first-order valence-electron chi connectivity index (χ1n) is 8.66. The van der Waals surface area contributed by atoms with Gasteiger partial charge in [0.1, 0.15) is 11.6 Å². The first-order chi connectivity index (χ1) is 13.9. The minimum absolute atomic E-state index is 0.248. The average Bonchev–Trinajstić information content (AvgIpc) is 2.73. The lowest BCUT2D eigenvalue weighted by Crippen LogP contribution is -2.15. The molecule has 0 aliphatic heterocycles. The Kier molecular flexibility index (Phi) is 6.41. The lowest BCUT2D eigenvalue weighted by Gasteiger charge is -2.11. The number of halogens is 1. The summed E-state index contributed by atoms with van der Waals surface area (Å²) in [4.78, 5) is 12.7. The topological polar surface area (TPSA) is 84.5 Å². The monoisotopic (exact) mass is 430 g/mol. The van der Waals surface area contributed by atoms with Gasteiger partial charge < -0.3 is 15.4 Å². The lowest BCUT2D eigenvalue weighted by molar-refractivity contribution is 0.102. The van der Waals surface area contributed by atoms with Crippen molar-refractivity contribution in [2.45, 2.75) is 4.90 Å². The van der Waals surface area contributed by atoms with E-state index in [2.05, 4.69) is 10.6 Å². The minimum Gasteiger partial charge on any atom is -0.495 e. The smallest absolute Gasteiger partial charge is 0.255 e. The van der Waals surface area contributed by atoms with E-state index in [1.165, 1.54) is 7.11 Å². The van der Waals surface area contributed by atoms with Crippen molar-refractivity contribution < 1.29 is 17.9 Å². The Balaban J connectivity index is 1.66. The molecule has 0 aliphatic rings. The number of anilines is 2. The summed E-state index contributed by atoms with van der Waals surface area (Å²) in [6.07, 6.45) is 0. The van der Waals surface area contributed by atoms with E-state index in [9.17, 15) is 13.2 Å². The molecule has 0 spiro atoms. The molecule has 0 aliphatic carbocycles. The summed E-state index contributed by atoms with van der Waals surface area (Å²) in [7, 11) is -1.95. The molecule has 0 saturated carbocycles. The quantitative estimate of drug-likeness (QED) is 0.578. The molecule has 8 heteroatoms. The Morgan fingerprint density at radius 2 is 1.69 bits per heavy atom. The maximum absolute atomic E-state index is 12.5. The van der Waals surface area contributed by atoms with E-state index < -0.39 is 9.84 Å². The van der Waals surface area contributed by atoms with Crippen LogP contribution in [-0.4, -0.2) is 27.3 Å². The highest BCUT2D eigenvalue weighted by Crippen LogP contribution is 2.28. The molecular weight excluding hydrogens is 412 g/mol. The molecule has 6 nitrogen and oxygen atoms in total. The van der Waals surface area contributed by atoms with Crippen molar-refractivity contribution in [1.82, 2.24) is 0 Å². The first kappa shape index (κ1) is 20.7. The number of ether oxygens (including phenoxy) is 1. The van der Waals surface area contributed by atoms with Gasteiger partial charge in [-0.2, -0.15) is 0 Å². The van der Waals surface area contributed by atoms with Crippen LogP contribution in [-0.2, 0) is 9.84 Å². The van der Waals surface area contributed by atoms with Crippen LogP contribution in [0.2, 0.25) is 5.02 Å². The molecule has 1 amide bonds. The van der Waals surface area contributed by atoms with Crippen LogP contribution < -0.4 is 15.4 Å². The fourth-order valence-electron chi connectivity index (χ4n) is 2.60. The number of carbonyl (C=O) groups excluding carboxylic acids is 1. The molecule has 0 heterocycles. The standard InChI is InChI=1S/C21H19ClN2O4S/c1-28-20-12-9-16(22)13-19(20)24-21(25)15-7-10-17(11-8-15)23-14-29(26,27)18-5-3-2-4-6-18/h2-13,23H,14H2,1H3,(H,24,25). The van der Waals surface area contributed by atoms with E-state index in [1.54, 1.807) is 72.8 Å². The van der Waals surface area contributed by atoms with Crippen LogP contribution in [0.5, 0.6) is 5.75 Å². The molecule has 0 aromatic heterocycles. The van der Waals surface area contributed by atoms with Crippen molar-refractivity contribution in [1.29, 1.82) is 0 Å². The first-order valence-corrected chi connectivity index (χ1v) is 10.7. The van der Waals surface area contributed by atoms with Crippen LogP contribution in [0.4, 0.5) is 11.4 Å². The second kappa shape index (κ2) is 8.98. The van der Waals surface area contributed by atoms with Gasteiger partial charge in [-0.15, -0.1) is 0 Å². The molecule has 2 N–H and O–H groups in total. The summed E-state index contributed by atoms with van der Waals surface area (Å²) < 4.78 is 29.9. The third-order valence-electron chi connectivity index (χ3n) is 4.13. The molecular formula is C21H19ClN2O4S. The Labute approximate surface area is 174 Å². The highest BCUT2D eigenvalue weighted by molar-refractivity contribution is 7.91. The highest BCUT2D eigenvalue weighted by Gasteiger charge is 2.14. The lowest BCUT2D eigenvalue weighted by atomic mass is 10.2. The van der Waals surface area contributed by atoms with Crippen molar-refractivity contribution in [3.05, 3.63) is 83.4 Å². The number of amides is 1. The number of carbonyl (C=O) groups is 1. The summed E-state index contributed by atoms with van der Waals surface area (Å²) >= 11 is 5.98. The van der Waals surface area contributed by atoms with Gasteiger partial charge in [-0.1, -0.05) is 29.8 Å². The van der Waals surface area contributed by atoms with Gasteiger partial charge >= 0.3 is 0 Å². The Hall–Kier alpha value is -3.03. The van der Waals surface area contributed by atoms with Gasteiger partial charge in [0, 0.05) is 16.3 Å². The molecule has 3 rings (SSSR count).